The Labute approximate surface area is 130 Å². The van der Waals surface area contributed by atoms with Gasteiger partial charge in [-0.1, -0.05) is 13.8 Å². The SMILES string of the molecule is CC(C)CC1NC(=O)C2CC(NC(=O)C(C)O)CCN2C1=O. The Morgan fingerprint density at radius 3 is 2.68 bits per heavy atom. The maximum atomic E-state index is 12.5. The molecule has 2 rings (SSSR count). The summed E-state index contributed by atoms with van der Waals surface area (Å²) in [5.74, 6) is -0.299. The smallest absolute Gasteiger partial charge is 0.248 e. The summed E-state index contributed by atoms with van der Waals surface area (Å²) in [4.78, 5) is 37.9. The molecule has 0 aromatic rings. The zero-order chi connectivity index (χ0) is 16.4. The van der Waals surface area contributed by atoms with Crippen molar-refractivity contribution >= 4 is 17.7 Å². The number of amides is 3. The topological polar surface area (TPSA) is 98.7 Å². The Morgan fingerprint density at radius 1 is 1.41 bits per heavy atom. The highest BCUT2D eigenvalue weighted by Gasteiger charge is 2.44. The summed E-state index contributed by atoms with van der Waals surface area (Å²) in [7, 11) is 0. The molecule has 0 aromatic carbocycles. The van der Waals surface area contributed by atoms with E-state index in [-0.39, 0.29) is 17.9 Å². The molecular weight excluding hydrogens is 286 g/mol. The molecule has 0 saturated carbocycles. The van der Waals surface area contributed by atoms with E-state index < -0.39 is 24.1 Å². The maximum absolute atomic E-state index is 12.5. The second-order valence-corrected chi connectivity index (χ2v) is 6.64. The molecule has 7 nitrogen and oxygen atoms in total. The van der Waals surface area contributed by atoms with Crippen LogP contribution in [0.15, 0.2) is 0 Å². The predicted molar refractivity (Wildman–Crippen MR) is 79.7 cm³/mol. The van der Waals surface area contributed by atoms with Crippen LogP contribution in [0.1, 0.15) is 40.0 Å². The molecule has 4 unspecified atom stereocenters. The number of nitrogens with one attached hydrogen (secondary N) is 2. The summed E-state index contributed by atoms with van der Waals surface area (Å²) in [6, 6.07) is -1.15. The molecule has 4 atom stereocenters. The maximum Gasteiger partial charge on any atom is 0.248 e. The Bertz CT molecular complexity index is 464. The van der Waals surface area contributed by atoms with Crippen LogP contribution in [-0.2, 0) is 14.4 Å². The van der Waals surface area contributed by atoms with E-state index in [1.807, 2.05) is 13.8 Å². The van der Waals surface area contributed by atoms with Crippen LogP contribution in [-0.4, -0.2) is 58.5 Å². The molecule has 124 valence electrons. The molecule has 0 aliphatic carbocycles. The highest BCUT2D eigenvalue weighted by atomic mass is 16.3. The van der Waals surface area contributed by atoms with Crippen molar-refractivity contribution in [2.45, 2.75) is 64.3 Å². The van der Waals surface area contributed by atoms with Crippen LogP contribution >= 0.6 is 0 Å². The van der Waals surface area contributed by atoms with E-state index >= 15 is 0 Å². The quantitative estimate of drug-likeness (QED) is 0.645. The number of hydrogen-bond donors (Lipinski definition) is 3. The van der Waals surface area contributed by atoms with Crippen LogP contribution in [0, 0.1) is 5.92 Å². The van der Waals surface area contributed by atoms with Gasteiger partial charge < -0.3 is 20.6 Å². The van der Waals surface area contributed by atoms with Gasteiger partial charge >= 0.3 is 0 Å². The average molecular weight is 311 g/mol. The summed E-state index contributed by atoms with van der Waals surface area (Å²) in [6.07, 6.45) is 0.554. The van der Waals surface area contributed by atoms with E-state index in [4.69, 9.17) is 0 Å². The standard InChI is InChI=1S/C15H25N3O4/c1-8(2)6-11-15(22)18-5-4-10(16-13(20)9(3)19)7-12(18)14(21)17-11/h8-12,19H,4-7H2,1-3H3,(H,16,20)(H,17,21). The zero-order valence-electron chi connectivity index (χ0n) is 13.3. The van der Waals surface area contributed by atoms with Gasteiger partial charge in [-0.15, -0.1) is 0 Å². The monoisotopic (exact) mass is 311 g/mol. The second-order valence-electron chi connectivity index (χ2n) is 6.64. The fourth-order valence-corrected chi connectivity index (χ4v) is 3.09. The van der Waals surface area contributed by atoms with Crippen molar-refractivity contribution in [3.63, 3.8) is 0 Å². The summed E-state index contributed by atoms with van der Waals surface area (Å²) in [5.41, 5.74) is 0. The minimum Gasteiger partial charge on any atom is -0.384 e. The van der Waals surface area contributed by atoms with Crippen LogP contribution in [0.2, 0.25) is 0 Å². The van der Waals surface area contributed by atoms with Crippen molar-refractivity contribution in [3.05, 3.63) is 0 Å². The van der Waals surface area contributed by atoms with Gasteiger partial charge in [0.05, 0.1) is 0 Å². The molecule has 0 bridgehead atoms. The van der Waals surface area contributed by atoms with Gasteiger partial charge in [0.2, 0.25) is 17.7 Å². The largest absolute Gasteiger partial charge is 0.384 e. The van der Waals surface area contributed by atoms with E-state index in [1.54, 1.807) is 4.90 Å². The number of piperidine rings is 1. The summed E-state index contributed by atoms with van der Waals surface area (Å²) in [6.45, 7) is 5.89. The lowest BCUT2D eigenvalue weighted by atomic mass is 9.91. The molecule has 2 aliphatic rings. The summed E-state index contributed by atoms with van der Waals surface area (Å²) >= 11 is 0. The summed E-state index contributed by atoms with van der Waals surface area (Å²) in [5, 5.41) is 14.8. The van der Waals surface area contributed by atoms with E-state index in [1.165, 1.54) is 6.92 Å². The van der Waals surface area contributed by atoms with Gasteiger partial charge in [-0.3, -0.25) is 14.4 Å². The zero-order valence-corrected chi connectivity index (χ0v) is 13.3. The molecule has 0 radical (unpaired) electrons. The van der Waals surface area contributed by atoms with Gasteiger partial charge in [-0.05, 0) is 32.1 Å². The van der Waals surface area contributed by atoms with Crippen LogP contribution in [0.5, 0.6) is 0 Å². The molecule has 7 heteroatoms. The van der Waals surface area contributed by atoms with Crippen LogP contribution in [0.25, 0.3) is 0 Å². The van der Waals surface area contributed by atoms with Crippen molar-refractivity contribution < 1.29 is 19.5 Å². The molecule has 0 aromatic heterocycles. The molecule has 2 aliphatic heterocycles. The van der Waals surface area contributed by atoms with E-state index in [9.17, 15) is 19.5 Å². The lowest BCUT2D eigenvalue weighted by Gasteiger charge is -2.44. The fourth-order valence-electron chi connectivity index (χ4n) is 3.09. The molecule has 2 saturated heterocycles. The first kappa shape index (κ1) is 16.7. The highest BCUT2D eigenvalue weighted by molar-refractivity contribution is 5.97. The first-order chi connectivity index (χ1) is 10.3. The van der Waals surface area contributed by atoms with Gasteiger partial charge in [0.1, 0.15) is 18.2 Å². The summed E-state index contributed by atoms with van der Waals surface area (Å²) < 4.78 is 0. The Balaban J connectivity index is 2.00. The third-order valence-electron chi connectivity index (χ3n) is 4.24. The molecule has 22 heavy (non-hydrogen) atoms. The number of fused-ring (bicyclic) bond motifs is 1. The number of carbonyl (C=O) groups excluding carboxylic acids is 3. The van der Waals surface area contributed by atoms with Crippen LogP contribution in [0.4, 0.5) is 0 Å². The molecule has 2 heterocycles. The number of hydrogen-bond acceptors (Lipinski definition) is 4. The van der Waals surface area contributed by atoms with Crippen molar-refractivity contribution in [2.75, 3.05) is 6.54 Å². The first-order valence-electron chi connectivity index (χ1n) is 7.89. The van der Waals surface area contributed by atoms with Crippen LogP contribution in [0.3, 0.4) is 0 Å². The van der Waals surface area contributed by atoms with E-state index in [2.05, 4.69) is 10.6 Å². The van der Waals surface area contributed by atoms with Crippen molar-refractivity contribution in [2.24, 2.45) is 5.92 Å². The third-order valence-corrected chi connectivity index (χ3v) is 4.24. The molecule has 0 spiro atoms. The van der Waals surface area contributed by atoms with Crippen LogP contribution < -0.4 is 10.6 Å². The van der Waals surface area contributed by atoms with Crippen molar-refractivity contribution in [1.82, 2.24) is 15.5 Å². The third kappa shape index (κ3) is 3.58. The molecule has 3 N–H and O–H groups in total. The minimum absolute atomic E-state index is 0.0291. The van der Waals surface area contributed by atoms with Gasteiger partial charge in [-0.25, -0.2) is 0 Å². The number of carbonyl (C=O) groups is 3. The van der Waals surface area contributed by atoms with E-state index in [0.717, 1.165) is 0 Å². The van der Waals surface area contributed by atoms with Crippen molar-refractivity contribution in [3.8, 4) is 0 Å². The highest BCUT2D eigenvalue weighted by Crippen LogP contribution is 2.24. The Kier molecular flexibility index (Phi) is 5.05. The number of nitrogens with zero attached hydrogens (tertiary/aromatic N) is 1. The Morgan fingerprint density at radius 2 is 2.09 bits per heavy atom. The lowest BCUT2D eigenvalue weighted by Crippen LogP contribution is -2.67. The molecule has 2 fully saturated rings. The first-order valence-corrected chi connectivity index (χ1v) is 7.89. The molecule has 3 amide bonds. The number of rotatable bonds is 4. The fraction of sp³-hybridized carbons (Fsp3) is 0.800. The van der Waals surface area contributed by atoms with Gasteiger partial charge in [0, 0.05) is 12.6 Å². The Hall–Kier alpha value is -1.63. The van der Waals surface area contributed by atoms with Gasteiger partial charge in [0.25, 0.3) is 0 Å². The van der Waals surface area contributed by atoms with E-state index in [0.29, 0.717) is 31.7 Å². The number of aliphatic hydroxyl groups is 1. The predicted octanol–water partition coefficient (Wildman–Crippen LogP) is -0.612. The van der Waals surface area contributed by atoms with Gasteiger partial charge in [0.15, 0.2) is 0 Å². The average Bonchev–Trinajstić information content (AvgIpc) is 2.43. The normalized spacial score (nSPS) is 29.9. The number of aliphatic hydroxyl groups excluding tert-OH is 1. The number of piperazine rings is 1. The minimum atomic E-state index is -1.07. The second kappa shape index (κ2) is 6.64. The lowest BCUT2D eigenvalue weighted by molar-refractivity contribution is -0.152. The van der Waals surface area contributed by atoms with Crippen molar-refractivity contribution in [1.29, 1.82) is 0 Å². The molecular formula is C15H25N3O4. The van der Waals surface area contributed by atoms with Gasteiger partial charge in [-0.2, -0.15) is 0 Å².